The Labute approximate surface area is 193 Å². The van der Waals surface area contributed by atoms with Crippen molar-refractivity contribution in [3.8, 4) is 0 Å². The van der Waals surface area contributed by atoms with Gasteiger partial charge in [0.25, 0.3) is 11.8 Å². The molecule has 0 spiro atoms. The number of hydrogen-bond donors (Lipinski definition) is 2. The highest BCUT2D eigenvalue weighted by Gasteiger charge is 2.46. The number of nitrogens with one attached hydrogen (secondary N) is 2. The van der Waals surface area contributed by atoms with Gasteiger partial charge in [0.2, 0.25) is 5.91 Å². The van der Waals surface area contributed by atoms with E-state index < -0.39 is 5.54 Å². The van der Waals surface area contributed by atoms with Gasteiger partial charge in [-0.3, -0.25) is 19.1 Å². The molecule has 8 nitrogen and oxygen atoms in total. The lowest BCUT2D eigenvalue weighted by molar-refractivity contribution is -0.132. The highest BCUT2D eigenvalue weighted by Crippen LogP contribution is 2.26. The van der Waals surface area contributed by atoms with Crippen molar-refractivity contribution in [2.75, 3.05) is 20.1 Å². The first-order chi connectivity index (χ1) is 15.1. The third-order valence-electron chi connectivity index (χ3n) is 5.84. The first kappa shape index (κ1) is 23.8. The second kappa shape index (κ2) is 9.73. The van der Waals surface area contributed by atoms with Gasteiger partial charge in [-0.05, 0) is 43.4 Å². The number of likely N-dealkylation sites (N-methyl/N-ethyl adjacent to an activating group) is 1. The highest BCUT2D eigenvalue weighted by atomic mass is 35.5. The molecular weight excluding hydrogens is 430 g/mol. The van der Waals surface area contributed by atoms with Crippen molar-refractivity contribution in [3.63, 3.8) is 0 Å². The molecule has 0 aliphatic carbocycles. The van der Waals surface area contributed by atoms with Crippen molar-refractivity contribution in [2.24, 2.45) is 5.92 Å². The number of hydrogen-bond acceptors (Lipinski definition) is 4. The molecule has 172 valence electrons. The molecule has 3 amide bonds. The molecule has 3 rings (SSSR count). The molecule has 1 aliphatic heterocycles. The quantitative estimate of drug-likeness (QED) is 0.634. The molecule has 9 heteroatoms. The van der Waals surface area contributed by atoms with E-state index in [4.69, 9.17) is 11.6 Å². The molecule has 1 aromatic carbocycles. The van der Waals surface area contributed by atoms with Gasteiger partial charge < -0.3 is 15.5 Å². The van der Waals surface area contributed by atoms with Crippen LogP contribution >= 0.6 is 11.6 Å². The summed E-state index contributed by atoms with van der Waals surface area (Å²) in [5.41, 5.74) is 0.412. The van der Waals surface area contributed by atoms with E-state index in [9.17, 15) is 14.4 Å². The van der Waals surface area contributed by atoms with Gasteiger partial charge in [0.1, 0.15) is 11.2 Å². The van der Waals surface area contributed by atoms with Crippen LogP contribution in [0.3, 0.4) is 0 Å². The minimum atomic E-state index is -1.09. The van der Waals surface area contributed by atoms with Crippen LogP contribution in [0.2, 0.25) is 5.02 Å². The van der Waals surface area contributed by atoms with Gasteiger partial charge in [-0.2, -0.15) is 5.10 Å². The molecule has 0 saturated heterocycles. The first-order valence-electron chi connectivity index (χ1n) is 10.8. The Bertz CT molecular complexity index is 1000. The van der Waals surface area contributed by atoms with E-state index in [0.717, 1.165) is 12.0 Å². The predicted molar refractivity (Wildman–Crippen MR) is 123 cm³/mol. The standard InChI is InChI=1S/C23H30ClN5O3/c1-15(2)9-11-26-22(32)23(3)14-29-19(21(31)28(23)4)13-18(27-29)20(30)25-12-10-16-5-7-17(24)8-6-16/h5-8,13,15H,9-12,14H2,1-4H3,(H,25,30)(H,26,32)/t23-/m0/s1. The third kappa shape index (κ3) is 5.12. The molecule has 0 bridgehead atoms. The van der Waals surface area contributed by atoms with Gasteiger partial charge in [-0.1, -0.05) is 37.6 Å². The van der Waals surface area contributed by atoms with Crippen LogP contribution < -0.4 is 10.6 Å². The van der Waals surface area contributed by atoms with Crippen molar-refractivity contribution in [1.29, 1.82) is 0 Å². The minimum absolute atomic E-state index is 0.155. The number of aromatic nitrogens is 2. The summed E-state index contributed by atoms with van der Waals surface area (Å²) in [6.45, 7) is 7.03. The van der Waals surface area contributed by atoms with Gasteiger partial charge >= 0.3 is 0 Å². The van der Waals surface area contributed by atoms with Crippen LogP contribution in [0.15, 0.2) is 30.3 Å². The normalized spacial score (nSPS) is 17.9. The highest BCUT2D eigenvalue weighted by molar-refractivity contribution is 6.30. The van der Waals surface area contributed by atoms with E-state index in [1.54, 1.807) is 26.1 Å². The smallest absolute Gasteiger partial charge is 0.272 e. The van der Waals surface area contributed by atoms with Crippen LogP contribution in [0.5, 0.6) is 0 Å². The fraction of sp³-hybridized carbons (Fsp3) is 0.478. The topological polar surface area (TPSA) is 96.3 Å². The molecule has 2 heterocycles. The average Bonchev–Trinajstić information content (AvgIpc) is 3.17. The van der Waals surface area contributed by atoms with E-state index in [0.29, 0.717) is 36.1 Å². The molecular formula is C23H30ClN5O3. The van der Waals surface area contributed by atoms with Crippen molar-refractivity contribution < 1.29 is 14.4 Å². The van der Waals surface area contributed by atoms with E-state index in [1.165, 1.54) is 15.6 Å². The lowest BCUT2D eigenvalue weighted by atomic mass is 9.95. The van der Waals surface area contributed by atoms with Gasteiger partial charge in [0.05, 0.1) is 6.54 Å². The second-order valence-corrected chi connectivity index (χ2v) is 9.22. The Morgan fingerprint density at radius 1 is 1.19 bits per heavy atom. The van der Waals surface area contributed by atoms with Gasteiger partial charge in [-0.25, -0.2) is 0 Å². The largest absolute Gasteiger partial charge is 0.354 e. The summed E-state index contributed by atoms with van der Waals surface area (Å²) in [7, 11) is 1.60. The fourth-order valence-electron chi connectivity index (χ4n) is 3.56. The molecule has 0 unspecified atom stereocenters. The summed E-state index contributed by atoms with van der Waals surface area (Å²) in [6, 6.07) is 8.91. The van der Waals surface area contributed by atoms with Crippen LogP contribution in [0.25, 0.3) is 0 Å². The molecule has 1 aromatic heterocycles. The molecule has 1 atom stereocenters. The predicted octanol–water partition coefficient (Wildman–Crippen LogP) is 2.52. The van der Waals surface area contributed by atoms with Crippen molar-refractivity contribution in [3.05, 3.63) is 52.3 Å². The Hall–Kier alpha value is -2.87. The number of amides is 3. The molecule has 2 N–H and O–H groups in total. The molecule has 1 aliphatic rings. The number of rotatable bonds is 8. The zero-order valence-electron chi connectivity index (χ0n) is 18.9. The number of carbonyl (C=O) groups is 3. The number of fused-ring (bicyclic) bond motifs is 1. The Morgan fingerprint density at radius 3 is 2.53 bits per heavy atom. The molecule has 32 heavy (non-hydrogen) atoms. The molecule has 0 saturated carbocycles. The lowest BCUT2D eigenvalue weighted by Crippen LogP contribution is -2.62. The molecule has 2 aromatic rings. The van der Waals surface area contributed by atoms with Crippen molar-refractivity contribution in [1.82, 2.24) is 25.3 Å². The van der Waals surface area contributed by atoms with Gasteiger partial charge in [-0.15, -0.1) is 0 Å². The number of nitrogens with zero attached hydrogens (tertiary/aromatic N) is 3. The third-order valence-corrected chi connectivity index (χ3v) is 6.10. The maximum absolute atomic E-state index is 12.9. The zero-order valence-corrected chi connectivity index (χ0v) is 19.7. The number of benzene rings is 1. The maximum Gasteiger partial charge on any atom is 0.272 e. The van der Waals surface area contributed by atoms with E-state index >= 15 is 0 Å². The first-order valence-corrected chi connectivity index (χ1v) is 11.2. The van der Waals surface area contributed by atoms with Crippen LogP contribution in [0, 0.1) is 5.92 Å². The lowest BCUT2D eigenvalue weighted by Gasteiger charge is -2.40. The number of halogens is 1. The zero-order chi connectivity index (χ0) is 23.5. The summed E-state index contributed by atoms with van der Waals surface area (Å²) in [4.78, 5) is 39.8. The Kier molecular flexibility index (Phi) is 7.23. The van der Waals surface area contributed by atoms with E-state index in [2.05, 4.69) is 29.6 Å². The minimum Gasteiger partial charge on any atom is -0.354 e. The number of carbonyl (C=O) groups excluding carboxylic acids is 3. The Morgan fingerprint density at radius 2 is 1.88 bits per heavy atom. The van der Waals surface area contributed by atoms with Crippen molar-refractivity contribution >= 4 is 29.3 Å². The average molecular weight is 460 g/mol. The van der Waals surface area contributed by atoms with Gasteiger partial charge in [0.15, 0.2) is 5.69 Å². The van der Waals surface area contributed by atoms with Crippen LogP contribution in [0.4, 0.5) is 0 Å². The summed E-state index contributed by atoms with van der Waals surface area (Å²) in [6.07, 6.45) is 1.50. The fourth-order valence-corrected chi connectivity index (χ4v) is 3.69. The van der Waals surface area contributed by atoms with E-state index in [1.807, 2.05) is 12.1 Å². The molecule has 0 radical (unpaired) electrons. The SMILES string of the molecule is CC(C)CCNC(=O)[C@]1(C)Cn2nc(C(=O)NCCc3ccc(Cl)cc3)cc2C(=O)N1C. The maximum atomic E-state index is 12.9. The summed E-state index contributed by atoms with van der Waals surface area (Å²) in [5.74, 6) is -0.471. The van der Waals surface area contributed by atoms with E-state index in [-0.39, 0.29) is 30.0 Å². The summed E-state index contributed by atoms with van der Waals surface area (Å²) >= 11 is 5.89. The summed E-state index contributed by atoms with van der Waals surface area (Å²) in [5, 5.41) is 10.7. The van der Waals surface area contributed by atoms with Crippen LogP contribution in [0.1, 0.15) is 53.7 Å². The Balaban J connectivity index is 1.66. The summed E-state index contributed by atoms with van der Waals surface area (Å²) < 4.78 is 1.46. The van der Waals surface area contributed by atoms with Crippen LogP contribution in [-0.4, -0.2) is 58.1 Å². The second-order valence-electron chi connectivity index (χ2n) is 8.78. The van der Waals surface area contributed by atoms with Gasteiger partial charge in [0, 0.05) is 31.2 Å². The van der Waals surface area contributed by atoms with Crippen molar-refractivity contribution in [2.45, 2.75) is 45.7 Å². The molecule has 0 fully saturated rings. The monoisotopic (exact) mass is 459 g/mol. The van der Waals surface area contributed by atoms with Crippen LogP contribution in [-0.2, 0) is 17.8 Å².